The van der Waals surface area contributed by atoms with Gasteiger partial charge in [0, 0.05) is 19.6 Å². The molecule has 0 aromatic heterocycles. The third-order valence-electron chi connectivity index (χ3n) is 4.71. The van der Waals surface area contributed by atoms with Crippen LogP contribution in [0, 0.1) is 0 Å². The van der Waals surface area contributed by atoms with Crippen molar-refractivity contribution in [1.29, 1.82) is 0 Å². The molecule has 0 bridgehead atoms. The Morgan fingerprint density at radius 1 is 1.32 bits per heavy atom. The molecule has 3 atom stereocenters. The van der Waals surface area contributed by atoms with Crippen molar-refractivity contribution in [3.05, 3.63) is 35.9 Å². The molecule has 1 heterocycles. The zero-order chi connectivity index (χ0) is 15.4. The lowest BCUT2D eigenvalue weighted by atomic mass is 10.1. The maximum Gasteiger partial charge on any atom is 0.223 e. The summed E-state index contributed by atoms with van der Waals surface area (Å²) >= 11 is 0. The average molecular weight is 303 g/mol. The Morgan fingerprint density at radius 3 is 2.91 bits per heavy atom. The van der Waals surface area contributed by atoms with E-state index in [1.165, 1.54) is 5.56 Å². The zero-order valence-corrected chi connectivity index (χ0v) is 13.2. The van der Waals surface area contributed by atoms with E-state index in [1.807, 2.05) is 30.0 Å². The molecular formula is C18H25NO3. The smallest absolute Gasteiger partial charge is 0.223 e. The third kappa shape index (κ3) is 3.33. The van der Waals surface area contributed by atoms with Crippen molar-refractivity contribution in [2.45, 2.75) is 50.9 Å². The molecule has 4 heteroatoms. The summed E-state index contributed by atoms with van der Waals surface area (Å²) in [7, 11) is 0. The number of nitrogens with zero attached hydrogens (tertiary/aromatic N) is 1. The Kier molecular flexibility index (Phi) is 5.11. The normalized spacial score (nSPS) is 27.7. The van der Waals surface area contributed by atoms with Crippen molar-refractivity contribution in [2.24, 2.45) is 0 Å². The van der Waals surface area contributed by atoms with E-state index in [0.717, 1.165) is 19.3 Å². The van der Waals surface area contributed by atoms with Crippen LogP contribution in [0.15, 0.2) is 30.3 Å². The minimum atomic E-state index is 0.0642. The maximum atomic E-state index is 12.6. The van der Waals surface area contributed by atoms with Crippen LogP contribution in [0.25, 0.3) is 0 Å². The summed E-state index contributed by atoms with van der Waals surface area (Å²) < 4.78 is 11.7. The van der Waals surface area contributed by atoms with Gasteiger partial charge in [0.25, 0.3) is 0 Å². The van der Waals surface area contributed by atoms with Gasteiger partial charge < -0.3 is 14.4 Å². The summed E-state index contributed by atoms with van der Waals surface area (Å²) in [6, 6.07) is 10.4. The van der Waals surface area contributed by atoms with E-state index < -0.39 is 0 Å². The number of fused-ring (bicyclic) bond motifs is 1. The molecule has 1 amide bonds. The molecule has 1 aliphatic carbocycles. The number of carbonyl (C=O) groups is 1. The molecule has 1 aromatic carbocycles. The van der Waals surface area contributed by atoms with Gasteiger partial charge in [-0.25, -0.2) is 0 Å². The van der Waals surface area contributed by atoms with E-state index in [9.17, 15) is 4.79 Å². The van der Waals surface area contributed by atoms with Crippen molar-refractivity contribution in [3.8, 4) is 0 Å². The second-order valence-electron chi connectivity index (χ2n) is 6.05. The fraction of sp³-hybridized carbons (Fsp3) is 0.611. The van der Waals surface area contributed by atoms with E-state index in [0.29, 0.717) is 26.2 Å². The SMILES string of the molecule is CCO[C@@H]1CC[C@H]2[C@H]1OCCN2C(=O)CCc1ccccc1. The molecule has 1 saturated heterocycles. The van der Waals surface area contributed by atoms with Crippen molar-refractivity contribution in [1.82, 2.24) is 4.90 Å². The number of hydrogen-bond donors (Lipinski definition) is 0. The van der Waals surface area contributed by atoms with E-state index in [1.54, 1.807) is 0 Å². The van der Waals surface area contributed by atoms with E-state index in [4.69, 9.17) is 9.47 Å². The second kappa shape index (κ2) is 7.25. The molecule has 0 spiro atoms. The molecule has 0 N–H and O–H groups in total. The predicted molar refractivity (Wildman–Crippen MR) is 84.7 cm³/mol. The highest BCUT2D eigenvalue weighted by atomic mass is 16.5. The van der Waals surface area contributed by atoms with Crippen molar-refractivity contribution in [3.63, 3.8) is 0 Å². The number of amides is 1. The number of benzene rings is 1. The van der Waals surface area contributed by atoms with Crippen molar-refractivity contribution >= 4 is 5.91 Å². The second-order valence-corrected chi connectivity index (χ2v) is 6.05. The monoisotopic (exact) mass is 303 g/mol. The summed E-state index contributed by atoms with van der Waals surface area (Å²) in [5.74, 6) is 0.249. The minimum absolute atomic E-state index is 0.0642. The van der Waals surface area contributed by atoms with Gasteiger partial charge in [-0.1, -0.05) is 30.3 Å². The summed E-state index contributed by atoms with van der Waals surface area (Å²) in [5.41, 5.74) is 1.22. The number of rotatable bonds is 5. The first-order valence-corrected chi connectivity index (χ1v) is 8.36. The average Bonchev–Trinajstić information content (AvgIpc) is 2.97. The molecule has 1 aromatic rings. The van der Waals surface area contributed by atoms with Crippen LogP contribution in [-0.4, -0.2) is 48.8 Å². The van der Waals surface area contributed by atoms with Crippen molar-refractivity contribution in [2.75, 3.05) is 19.8 Å². The first-order chi connectivity index (χ1) is 10.8. The van der Waals surface area contributed by atoms with Crippen LogP contribution >= 0.6 is 0 Å². The summed E-state index contributed by atoms with van der Waals surface area (Å²) in [6.07, 6.45) is 3.59. The van der Waals surface area contributed by atoms with E-state index in [2.05, 4.69) is 12.1 Å². The third-order valence-corrected chi connectivity index (χ3v) is 4.71. The fourth-order valence-electron chi connectivity index (χ4n) is 3.66. The maximum absolute atomic E-state index is 12.6. The lowest BCUT2D eigenvalue weighted by molar-refractivity contribution is -0.151. The van der Waals surface area contributed by atoms with Crippen LogP contribution in [0.3, 0.4) is 0 Å². The van der Waals surface area contributed by atoms with Gasteiger partial charge in [0.2, 0.25) is 5.91 Å². The number of hydrogen-bond acceptors (Lipinski definition) is 3. The first kappa shape index (κ1) is 15.5. The van der Waals surface area contributed by atoms with Gasteiger partial charge >= 0.3 is 0 Å². The quantitative estimate of drug-likeness (QED) is 0.838. The van der Waals surface area contributed by atoms with Gasteiger partial charge in [0.05, 0.1) is 18.8 Å². The molecule has 1 aliphatic heterocycles. The van der Waals surface area contributed by atoms with Gasteiger partial charge in [0.15, 0.2) is 0 Å². The van der Waals surface area contributed by atoms with Crippen LogP contribution in [0.2, 0.25) is 0 Å². The predicted octanol–water partition coefficient (Wildman–Crippen LogP) is 2.41. The van der Waals surface area contributed by atoms with Crippen molar-refractivity contribution < 1.29 is 14.3 Å². The van der Waals surface area contributed by atoms with Gasteiger partial charge in [-0.15, -0.1) is 0 Å². The first-order valence-electron chi connectivity index (χ1n) is 8.36. The highest BCUT2D eigenvalue weighted by Crippen LogP contribution is 2.32. The molecule has 22 heavy (non-hydrogen) atoms. The van der Waals surface area contributed by atoms with E-state index >= 15 is 0 Å². The van der Waals surface area contributed by atoms with Crippen LogP contribution in [0.1, 0.15) is 31.7 Å². The number of carbonyl (C=O) groups excluding carboxylic acids is 1. The molecule has 2 aliphatic rings. The van der Waals surface area contributed by atoms with Gasteiger partial charge in [-0.2, -0.15) is 0 Å². The molecule has 3 rings (SSSR count). The molecule has 2 fully saturated rings. The Bertz CT molecular complexity index is 490. The van der Waals surface area contributed by atoms with Gasteiger partial charge in [-0.05, 0) is 31.7 Å². The molecule has 1 saturated carbocycles. The van der Waals surface area contributed by atoms with Crippen LogP contribution in [0.5, 0.6) is 0 Å². The number of aryl methyl sites for hydroxylation is 1. The van der Waals surface area contributed by atoms with E-state index in [-0.39, 0.29) is 24.2 Å². The highest BCUT2D eigenvalue weighted by molar-refractivity contribution is 5.77. The number of morpholine rings is 1. The summed E-state index contributed by atoms with van der Waals surface area (Å²) in [6.45, 7) is 4.06. The van der Waals surface area contributed by atoms with Crippen LogP contribution in [0.4, 0.5) is 0 Å². The zero-order valence-electron chi connectivity index (χ0n) is 13.2. The molecule has 0 radical (unpaired) electrons. The molecular weight excluding hydrogens is 278 g/mol. The summed E-state index contributed by atoms with van der Waals surface area (Å²) in [5, 5.41) is 0. The van der Waals surface area contributed by atoms with Gasteiger partial charge in [0.1, 0.15) is 6.10 Å². The Labute approximate surface area is 132 Å². The minimum Gasteiger partial charge on any atom is -0.376 e. The Balaban J connectivity index is 1.58. The highest BCUT2D eigenvalue weighted by Gasteiger charge is 2.44. The lowest BCUT2D eigenvalue weighted by Gasteiger charge is -2.39. The van der Waals surface area contributed by atoms with Crippen LogP contribution < -0.4 is 0 Å². The Morgan fingerprint density at radius 2 is 2.14 bits per heavy atom. The van der Waals surface area contributed by atoms with Crippen LogP contribution in [-0.2, 0) is 20.7 Å². The lowest BCUT2D eigenvalue weighted by Crippen LogP contribution is -2.53. The number of ether oxygens (including phenoxy) is 2. The molecule has 4 nitrogen and oxygen atoms in total. The largest absolute Gasteiger partial charge is 0.376 e. The standard InChI is InChI=1S/C18H25NO3/c1-2-21-16-10-9-15-18(16)22-13-12-19(15)17(20)11-8-14-6-4-3-5-7-14/h3-7,15-16,18H,2,8-13H2,1H3/t15-,16+,18+/m0/s1. The molecule has 0 unspecified atom stereocenters. The topological polar surface area (TPSA) is 38.8 Å². The fourth-order valence-corrected chi connectivity index (χ4v) is 3.66. The molecule has 120 valence electrons. The Hall–Kier alpha value is -1.39. The summed E-state index contributed by atoms with van der Waals surface area (Å²) in [4.78, 5) is 14.6. The van der Waals surface area contributed by atoms with Gasteiger partial charge in [-0.3, -0.25) is 4.79 Å².